The molecule has 1 atom stereocenters. The van der Waals surface area contributed by atoms with Gasteiger partial charge in [0.25, 0.3) is 0 Å². The summed E-state index contributed by atoms with van der Waals surface area (Å²) in [6.07, 6.45) is 6.81. The van der Waals surface area contributed by atoms with Gasteiger partial charge in [-0.2, -0.15) is 0 Å². The van der Waals surface area contributed by atoms with Crippen molar-refractivity contribution in [1.82, 2.24) is 9.55 Å². The molecule has 26 heavy (non-hydrogen) atoms. The fraction of sp³-hybridized carbons (Fsp3) is 0.250. The van der Waals surface area contributed by atoms with Gasteiger partial charge in [-0.1, -0.05) is 29.8 Å². The van der Waals surface area contributed by atoms with Crippen LogP contribution in [-0.4, -0.2) is 14.3 Å². The van der Waals surface area contributed by atoms with Crippen LogP contribution in [-0.2, 0) is 13.0 Å². The molecule has 0 saturated heterocycles. The van der Waals surface area contributed by atoms with Crippen LogP contribution in [0, 0.1) is 11.6 Å². The molecule has 0 aliphatic rings. The monoisotopic (exact) mass is 392 g/mol. The summed E-state index contributed by atoms with van der Waals surface area (Å²) in [5, 5.41) is 0.692. The predicted octanol–water partition coefficient (Wildman–Crippen LogP) is 6.00. The van der Waals surface area contributed by atoms with Crippen LogP contribution in [0.25, 0.3) is 0 Å². The Hall–Kier alpha value is -1.85. The van der Waals surface area contributed by atoms with Gasteiger partial charge in [0.15, 0.2) is 0 Å². The number of aromatic nitrogens is 2. The molecule has 3 rings (SSSR count). The molecule has 1 heterocycles. The van der Waals surface area contributed by atoms with E-state index in [0.717, 1.165) is 18.4 Å². The third-order valence-electron chi connectivity index (χ3n) is 4.20. The first-order valence-electron chi connectivity index (χ1n) is 8.28. The topological polar surface area (TPSA) is 17.8 Å². The lowest BCUT2D eigenvalue weighted by Gasteiger charge is -2.30. The van der Waals surface area contributed by atoms with E-state index in [0.29, 0.717) is 11.6 Å². The fourth-order valence-corrected chi connectivity index (χ4v) is 4.18. The molecule has 0 radical (unpaired) electrons. The zero-order valence-electron chi connectivity index (χ0n) is 14.3. The van der Waals surface area contributed by atoms with E-state index in [4.69, 9.17) is 11.6 Å². The maximum atomic E-state index is 14.2. The van der Waals surface area contributed by atoms with E-state index in [1.165, 1.54) is 30.0 Å². The molecule has 0 N–H and O–H groups in total. The molecule has 2 nitrogen and oxygen atoms in total. The number of nitrogens with zero attached hydrogens (tertiary/aromatic N) is 2. The summed E-state index contributed by atoms with van der Waals surface area (Å²) in [5.74, 6) is -1.06. The second-order valence-electron chi connectivity index (χ2n) is 6.46. The quantitative estimate of drug-likeness (QED) is 0.459. The first-order valence-corrected chi connectivity index (χ1v) is 9.48. The van der Waals surface area contributed by atoms with Crippen molar-refractivity contribution in [1.29, 1.82) is 0 Å². The molecule has 1 unspecified atom stereocenters. The maximum Gasteiger partial charge on any atom is 0.139 e. The minimum absolute atomic E-state index is 0.0613. The fourth-order valence-electron chi connectivity index (χ4n) is 2.82. The van der Waals surface area contributed by atoms with Crippen LogP contribution in [0.5, 0.6) is 0 Å². The minimum atomic E-state index is -0.529. The van der Waals surface area contributed by atoms with Crippen LogP contribution in [0.15, 0.2) is 66.1 Å². The van der Waals surface area contributed by atoms with Gasteiger partial charge in [0, 0.05) is 28.7 Å². The van der Waals surface area contributed by atoms with E-state index >= 15 is 0 Å². The molecule has 3 aromatic rings. The van der Waals surface area contributed by atoms with E-state index in [9.17, 15) is 8.78 Å². The van der Waals surface area contributed by atoms with Crippen LogP contribution in [0.4, 0.5) is 8.78 Å². The second-order valence-corrected chi connectivity index (χ2v) is 8.50. The Kier molecular flexibility index (Phi) is 5.99. The van der Waals surface area contributed by atoms with Gasteiger partial charge in [0.05, 0.1) is 11.2 Å². The van der Waals surface area contributed by atoms with Crippen LogP contribution in [0.1, 0.15) is 18.9 Å². The summed E-state index contributed by atoms with van der Waals surface area (Å²) < 4.78 is 29.9. The molecular formula is C20H19ClF2N2S. The number of aryl methyl sites for hydroxylation is 1. The zero-order valence-corrected chi connectivity index (χ0v) is 15.9. The van der Waals surface area contributed by atoms with Crippen molar-refractivity contribution in [3.8, 4) is 0 Å². The third-order valence-corrected chi connectivity index (χ3v) is 5.87. The Bertz CT molecular complexity index is 833. The number of thioether (sulfide) groups is 1. The van der Waals surface area contributed by atoms with Gasteiger partial charge in [-0.15, -0.1) is 11.8 Å². The minimum Gasteiger partial charge on any atom is -0.336 e. The first kappa shape index (κ1) is 18.9. The van der Waals surface area contributed by atoms with Crippen molar-refractivity contribution in [2.75, 3.05) is 0 Å². The summed E-state index contributed by atoms with van der Waals surface area (Å²) in [5.41, 5.74) is 1.14. The summed E-state index contributed by atoms with van der Waals surface area (Å²) in [6, 6.07) is 11.6. The van der Waals surface area contributed by atoms with E-state index in [1.807, 2.05) is 42.0 Å². The number of rotatable bonds is 7. The highest BCUT2D eigenvalue weighted by atomic mass is 35.5. The Labute approximate surface area is 161 Å². The van der Waals surface area contributed by atoms with Crippen LogP contribution < -0.4 is 0 Å². The molecule has 0 aliphatic heterocycles. The molecular weight excluding hydrogens is 374 g/mol. The molecule has 0 aliphatic carbocycles. The number of hydrogen-bond acceptors (Lipinski definition) is 2. The van der Waals surface area contributed by atoms with Gasteiger partial charge in [0.1, 0.15) is 11.6 Å². The van der Waals surface area contributed by atoms with E-state index in [-0.39, 0.29) is 4.90 Å². The van der Waals surface area contributed by atoms with E-state index in [2.05, 4.69) is 4.98 Å². The van der Waals surface area contributed by atoms with E-state index in [1.54, 1.807) is 12.5 Å². The van der Waals surface area contributed by atoms with Crippen LogP contribution >= 0.6 is 23.4 Å². The molecule has 136 valence electrons. The average Bonchev–Trinajstić information content (AvgIpc) is 3.11. The van der Waals surface area contributed by atoms with Gasteiger partial charge in [-0.3, -0.25) is 0 Å². The van der Waals surface area contributed by atoms with Gasteiger partial charge in [-0.25, -0.2) is 13.8 Å². The highest BCUT2D eigenvalue weighted by Gasteiger charge is 2.29. The molecule has 0 fully saturated rings. The molecule has 0 amide bonds. The number of benzene rings is 2. The molecule has 0 bridgehead atoms. The number of imidazole rings is 1. The van der Waals surface area contributed by atoms with Crippen molar-refractivity contribution in [3.63, 3.8) is 0 Å². The second kappa shape index (κ2) is 8.23. The molecule has 0 spiro atoms. The lowest BCUT2D eigenvalue weighted by atomic mass is 10.00. The number of halogens is 3. The van der Waals surface area contributed by atoms with Crippen molar-refractivity contribution in [2.45, 2.75) is 36.0 Å². The van der Waals surface area contributed by atoms with Gasteiger partial charge in [0.2, 0.25) is 0 Å². The summed E-state index contributed by atoms with van der Waals surface area (Å²) in [6.45, 7) is 2.62. The Morgan fingerprint density at radius 1 is 1.12 bits per heavy atom. The average molecular weight is 393 g/mol. The molecule has 1 aromatic heterocycles. The third kappa shape index (κ3) is 4.86. The zero-order chi connectivity index (χ0) is 18.6. The molecule has 2 aromatic carbocycles. The Morgan fingerprint density at radius 3 is 2.42 bits per heavy atom. The van der Waals surface area contributed by atoms with Crippen molar-refractivity contribution < 1.29 is 8.78 Å². The summed E-state index contributed by atoms with van der Waals surface area (Å²) in [4.78, 5) is 4.13. The molecule has 6 heteroatoms. The normalized spacial score (nSPS) is 13.5. The number of hydrogen-bond donors (Lipinski definition) is 0. The highest BCUT2D eigenvalue weighted by molar-refractivity contribution is 8.00. The Morgan fingerprint density at radius 2 is 1.81 bits per heavy atom. The predicted molar refractivity (Wildman–Crippen MR) is 103 cm³/mol. The SMILES string of the molecule is CC(CCc1ccc(Cl)cc1)(Cn1ccnc1)Sc1c(F)cccc1F. The lowest BCUT2D eigenvalue weighted by Crippen LogP contribution is -2.28. The summed E-state index contributed by atoms with van der Waals surface area (Å²) >= 11 is 7.18. The lowest BCUT2D eigenvalue weighted by molar-refractivity contribution is 0.488. The van der Waals surface area contributed by atoms with Crippen molar-refractivity contribution >= 4 is 23.4 Å². The smallest absolute Gasteiger partial charge is 0.139 e. The first-order chi connectivity index (χ1) is 12.5. The van der Waals surface area contributed by atoms with Crippen LogP contribution in [0.2, 0.25) is 5.02 Å². The summed E-state index contributed by atoms with van der Waals surface area (Å²) in [7, 11) is 0. The van der Waals surface area contributed by atoms with Gasteiger partial charge in [-0.05, 0) is 49.6 Å². The van der Waals surface area contributed by atoms with E-state index < -0.39 is 16.4 Å². The van der Waals surface area contributed by atoms with Gasteiger partial charge >= 0.3 is 0 Å². The van der Waals surface area contributed by atoms with Crippen molar-refractivity contribution in [2.24, 2.45) is 0 Å². The van der Waals surface area contributed by atoms with Crippen LogP contribution in [0.3, 0.4) is 0 Å². The van der Waals surface area contributed by atoms with Gasteiger partial charge < -0.3 is 4.57 Å². The highest BCUT2D eigenvalue weighted by Crippen LogP contribution is 2.40. The standard InChI is InChI=1S/C20H19ClF2N2S/c1-20(13-25-12-11-24-14-25,10-9-15-5-7-16(21)8-6-15)26-19-17(22)3-2-4-18(19)23/h2-8,11-12,14H,9-10,13H2,1H3. The van der Waals surface area contributed by atoms with Crippen molar-refractivity contribution in [3.05, 3.63) is 83.4 Å². The largest absolute Gasteiger partial charge is 0.336 e. The molecule has 0 saturated carbocycles. The maximum absolute atomic E-state index is 14.2. The Balaban J connectivity index is 1.82.